The van der Waals surface area contributed by atoms with Crippen LogP contribution in [0, 0.1) is 18.8 Å². The lowest BCUT2D eigenvalue weighted by molar-refractivity contribution is -0.163. The number of oxazole rings is 1. The molecule has 2 aromatic rings. The van der Waals surface area contributed by atoms with Crippen LogP contribution in [0.3, 0.4) is 0 Å². The highest BCUT2D eigenvalue weighted by atomic mass is 16.5. The summed E-state index contributed by atoms with van der Waals surface area (Å²) in [7, 11) is 0. The van der Waals surface area contributed by atoms with Crippen LogP contribution in [0.15, 0.2) is 28.7 Å². The first-order valence-corrected chi connectivity index (χ1v) is 11.7. The van der Waals surface area contributed by atoms with Crippen molar-refractivity contribution in [3.8, 4) is 11.5 Å². The van der Waals surface area contributed by atoms with Gasteiger partial charge in [0.1, 0.15) is 11.5 Å². The average Bonchev–Trinajstić information content (AvgIpc) is 3.13. The van der Waals surface area contributed by atoms with E-state index in [4.69, 9.17) is 13.9 Å². The van der Waals surface area contributed by atoms with Crippen molar-refractivity contribution in [2.24, 2.45) is 11.8 Å². The summed E-state index contributed by atoms with van der Waals surface area (Å²) in [4.78, 5) is 15.9. The summed E-state index contributed by atoms with van der Waals surface area (Å²) in [5.41, 5.74) is 1.97. The van der Waals surface area contributed by atoms with Gasteiger partial charge >= 0.3 is 5.97 Å². The summed E-state index contributed by atoms with van der Waals surface area (Å²) in [6.45, 7) is 11.1. The molecule has 0 spiro atoms. The number of carboxylic acid groups (broad SMARTS) is 1. The maximum atomic E-state index is 11.2. The maximum Gasteiger partial charge on any atom is 0.335 e. The molecule has 6 nitrogen and oxygen atoms in total. The zero-order valence-corrected chi connectivity index (χ0v) is 20.0. The molecule has 1 fully saturated rings. The van der Waals surface area contributed by atoms with Crippen molar-refractivity contribution in [3.63, 3.8) is 0 Å². The molecule has 2 atom stereocenters. The second-order valence-electron chi connectivity index (χ2n) is 9.84. The van der Waals surface area contributed by atoms with Crippen molar-refractivity contribution in [3.05, 3.63) is 41.3 Å². The topological polar surface area (TPSA) is 81.8 Å². The van der Waals surface area contributed by atoms with Gasteiger partial charge in [0, 0.05) is 12.2 Å². The fourth-order valence-electron chi connectivity index (χ4n) is 4.11. The van der Waals surface area contributed by atoms with Crippen LogP contribution in [0.4, 0.5) is 0 Å². The first-order chi connectivity index (χ1) is 15.2. The number of rotatable bonds is 10. The lowest BCUT2D eigenvalue weighted by atomic mass is 9.82. The predicted octanol–water partition coefficient (Wildman–Crippen LogP) is 5.98. The van der Waals surface area contributed by atoms with Gasteiger partial charge in [0.25, 0.3) is 0 Å². The van der Waals surface area contributed by atoms with Crippen molar-refractivity contribution in [1.82, 2.24) is 4.98 Å². The molecule has 176 valence electrons. The van der Waals surface area contributed by atoms with Gasteiger partial charge in [-0.3, -0.25) is 0 Å². The van der Waals surface area contributed by atoms with Gasteiger partial charge in [-0.15, -0.1) is 0 Å². The van der Waals surface area contributed by atoms with Gasteiger partial charge in [0.2, 0.25) is 5.89 Å². The van der Waals surface area contributed by atoms with E-state index in [2.05, 4.69) is 43.1 Å². The van der Waals surface area contributed by atoms with Crippen molar-refractivity contribution in [2.75, 3.05) is 13.2 Å². The van der Waals surface area contributed by atoms with Crippen LogP contribution in [-0.2, 0) is 20.9 Å². The first kappa shape index (κ1) is 24.5. The number of benzene rings is 1. The monoisotopic (exact) mass is 443 g/mol. The van der Waals surface area contributed by atoms with Gasteiger partial charge in [-0.05, 0) is 75.5 Å². The number of nitrogens with zero attached hydrogens (tertiary/aromatic N) is 1. The Bertz CT molecular complexity index is 884. The van der Waals surface area contributed by atoms with Crippen LogP contribution in [0.5, 0.6) is 0 Å². The highest BCUT2D eigenvalue weighted by Gasteiger charge is 2.30. The van der Waals surface area contributed by atoms with Crippen molar-refractivity contribution in [2.45, 2.75) is 78.4 Å². The number of ether oxygens (including phenoxy) is 2. The minimum absolute atomic E-state index is 0.380. The summed E-state index contributed by atoms with van der Waals surface area (Å²) < 4.78 is 17.6. The molecule has 1 heterocycles. The second-order valence-corrected chi connectivity index (χ2v) is 9.84. The second kappa shape index (κ2) is 10.6. The molecule has 32 heavy (non-hydrogen) atoms. The molecule has 3 rings (SSSR count). The van der Waals surface area contributed by atoms with E-state index >= 15 is 0 Å². The molecular weight excluding hydrogens is 406 g/mol. The Hall–Kier alpha value is -2.18. The summed E-state index contributed by atoms with van der Waals surface area (Å²) in [5, 5.41) is 9.22. The van der Waals surface area contributed by atoms with Gasteiger partial charge in [-0.25, -0.2) is 9.78 Å². The van der Waals surface area contributed by atoms with Crippen LogP contribution in [-0.4, -0.2) is 34.9 Å². The van der Waals surface area contributed by atoms with Gasteiger partial charge in [-0.1, -0.05) is 32.4 Å². The number of carbonyl (C=O) groups is 1. The Labute approximate surface area is 191 Å². The highest BCUT2D eigenvalue weighted by Crippen LogP contribution is 2.31. The Balaban J connectivity index is 1.48. The Morgan fingerprint density at radius 2 is 1.84 bits per heavy atom. The van der Waals surface area contributed by atoms with Gasteiger partial charge in [0.15, 0.2) is 5.60 Å². The van der Waals surface area contributed by atoms with E-state index in [1.54, 1.807) is 13.8 Å². The maximum absolute atomic E-state index is 11.2. The molecule has 0 bridgehead atoms. The number of aliphatic carboxylic acids is 1. The third-order valence-electron chi connectivity index (χ3n) is 6.40. The molecule has 1 aliphatic rings. The van der Waals surface area contributed by atoms with Gasteiger partial charge in [0.05, 0.1) is 13.2 Å². The first-order valence-electron chi connectivity index (χ1n) is 11.7. The van der Waals surface area contributed by atoms with E-state index in [-0.39, 0.29) is 0 Å². The van der Waals surface area contributed by atoms with E-state index in [1.807, 2.05) is 6.92 Å². The van der Waals surface area contributed by atoms with E-state index in [0.717, 1.165) is 42.7 Å². The fourth-order valence-corrected chi connectivity index (χ4v) is 4.11. The van der Waals surface area contributed by atoms with Crippen LogP contribution in [0.1, 0.15) is 76.3 Å². The Kier molecular flexibility index (Phi) is 8.12. The van der Waals surface area contributed by atoms with Crippen molar-refractivity contribution in [1.29, 1.82) is 0 Å². The normalized spacial score (nSPS) is 19.4. The molecular formula is C26H37NO5. The minimum Gasteiger partial charge on any atom is -0.479 e. The molecule has 1 aromatic heterocycles. The third-order valence-corrected chi connectivity index (χ3v) is 6.40. The molecule has 1 saturated carbocycles. The smallest absolute Gasteiger partial charge is 0.335 e. The molecule has 0 radical (unpaired) electrons. The number of aryl methyl sites for hydroxylation is 1. The van der Waals surface area contributed by atoms with Gasteiger partial charge < -0.3 is 19.0 Å². The van der Waals surface area contributed by atoms with Crippen molar-refractivity contribution >= 4 is 5.97 Å². The molecule has 6 heteroatoms. The minimum atomic E-state index is -1.14. The molecule has 1 aromatic carbocycles. The predicted molar refractivity (Wildman–Crippen MR) is 124 cm³/mol. The van der Waals surface area contributed by atoms with Crippen LogP contribution in [0.25, 0.3) is 11.5 Å². The molecule has 1 N–H and O–H groups in total. The molecule has 0 amide bonds. The Morgan fingerprint density at radius 3 is 2.47 bits per heavy atom. The van der Waals surface area contributed by atoms with Gasteiger partial charge in [-0.2, -0.15) is 0 Å². The zero-order chi connectivity index (χ0) is 23.3. The number of hydrogen-bond acceptors (Lipinski definition) is 5. The van der Waals surface area contributed by atoms with E-state index < -0.39 is 11.6 Å². The number of carboxylic acids is 1. The largest absolute Gasteiger partial charge is 0.479 e. The van der Waals surface area contributed by atoms with Crippen LogP contribution < -0.4 is 0 Å². The molecule has 0 aliphatic heterocycles. The highest BCUT2D eigenvalue weighted by molar-refractivity contribution is 5.76. The lowest BCUT2D eigenvalue weighted by Gasteiger charge is -2.31. The quantitative estimate of drug-likeness (QED) is 0.487. The summed E-state index contributed by atoms with van der Waals surface area (Å²) in [6, 6.07) is 8.36. The fraction of sp³-hybridized carbons (Fsp3) is 0.615. The number of hydrogen-bond donors (Lipinski definition) is 1. The SMILES string of the molecule is Cc1oc(-c2ccc(C(C)C)cc2)nc1COC[C@@H]1CCC[C@H](COC(C)(C)C(=O)O)C1. The van der Waals surface area contributed by atoms with E-state index in [0.29, 0.717) is 43.5 Å². The van der Waals surface area contributed by atoms with E-state index in [1.165, 1.54) is 5.56 Å². The average molecular weight is 444 g/mol. The third kappa shape index (κ3) is 6.42. The summed E-state index contributed by atoms with van der Waals surface area (Å²) in [6.07, 6.45) is 4.33. The zero-order valence-electron chi connectivity index (χ0n) is 20.0. The van der Waals surface area contributed by atoms with Crippen molar-refractivity contribution < 1.29 is 23.8 Å². The lowest BCUT2D eigenvalue weighted by Crippen LogP contribution is -2.37. The standard InChI is InChI=1S/C26H37NO5/c1-17(2)21-9-11-22(12-10-21)24-27-23(18(3)32-24)16-30-14-19-7-6-8-20(13-19)15-31-26(4,5)25(28)29/h9-12,17,19-20H,6-8,13-16H2,1-5H3,(H,28,29)/t19-,20+/m1/s1. The summed E-state index contributed by atoms with van der Waals surface area (Å²) in [5.74, 6) is 1.83. The summed E-state index contributed by atoms with van der Waals surface area (Å²) >= 11 is 0. The van der Waals surface area contributed by atoms with Crippen LogP contribution in [0.2, 0.25) is 0 Å². The number of aromatic nitrogens is 1. The molecule has 1 aliphatic carbocycles. The van der Waals surface area contributed by atoms with Crippen LogP contribution >= 0.6 is 0 Å². The molecule has 0 saturated heterocycles. The Morgan fingerprint density at radius 1 is 1.19 bits per heavy atom. The molecule has 0 unspecified atom stereocenters. The van der Waals surface area contributed by atoms with E-state index in [9.17, 15) is 9.90 Å².